The molecule has 2 N–H and O–H groups in total. The molecule has 0 saturated carbocycles. The van der Waals surface area contributed by atoms with Crippen LogP contribution in [0, 0.1) is 6.92 Å². The molecule has 0 unspecified atom stereocenters. The fourth-order valence-corrected chi connectivity index (χ4v) is 3.92. The Labute approximate surface area is 129 Å². The molecule has 2 aromatic heterocycles. The van der Waals surface area contributed by atoms with E-state index >= 15 is 0 Å². The molecule has 0 amide bonds. The van der Waals surface area contributed by atoms with Crippen LogP contribution in [-0.4, -0.2) is 29.3 Å². The zero-order valence-electron chi connectivity index (χ0n) is 12.4. The van der Waals surface area contributed by atoms with Crippen molar-refractivity contribution in [2.24, 2.45) is 5.73 Å². The van der Waals surface area contributed by atoms with E-state index in [9.17, 15) is 8.42 Å². The molecule has 0 radical (unpaired) electrons. The summed E-state index contributed by atoms with van der Waals surface area (Å²) in [5.74, 6) is 0. The molecule has 8 heteroatoms. The van der Waals surface area contributed by atoms with E-state index in [4.69, 9.17) is 5.73 Å². The molecule has 0 spiro atoms. The predicted molar refractivity (Wildman–Crippen MR) is 83.5 cm³/mol. The van der Waals surface area contributed by atoms with Gasteiger partial charge in [0.25, 0.3) is 0 Å². The van der Waals surface area contributed by atoms with Crippen molar-refractivity contribution in [3.05, 3.63) is 34.0 Å². The van der Waals surface area contributed by atoms with Crippen LogP contribution in [0.2, 0.25) is 0 Å². The predicted octanol–water partition coefficient (Wildman–Crippen LogP) is 1.55. The quantitative estimate of drug-likeness (QED) is 0.872. The van der Waals surface area contributed by atoms with Crippen molar-refractivity contribution in [2.45, 2.75) is 38.4 Å². The lowest BCUT2D eigenvalue weighted by Crippen LogP contribution is -2.26. The summed E-state index contributed by atoms with van der Waals surface area (Å²) in [6.07, 6.45) is 1.64. The van der Waals surface area contributed by atoms with Crippen molar-refractivity contribution in [3.63, 3.8) is 0 Å². The van der Waals surface area contributed by atoms with Crippen molar-refractivity contribution in [1.29, 1.82) is 0 Å². The molecule has 2 aromatic rings. The molecule has 0 aliphatic rings. The molecule has 2 heterocycles. The lowest BCUT2D eigenvalue weighted by atomic mass is 10.4. The summed E-state index contributed by atoms with van der Waals surface area (Å²) < 4.78 is 28.3. The van der Waals surface area contributed by atoms with Crippen molar-refractivity contribution in [3.8, 4) is 0 Å². The van der Waals surface area contributed by atoms with Crippen LogP contribution in [0.15, 0.2) is 22.5 Å². The van der Waals surface area contributed by atoms with E-state index in [-0.39, 0.29) is 11.4 Å². The van der Waals surface area contributed by atoms with Crippen molar-refractivity contribution < 1.29 is 8.42 Å². The minimum absolute atomic E-state index is 0.266. The van der Waals surface area contributed by atoms with Crippen LogP contribution in [0.3, 0.4) is 0 Å². The maximum absolute atomic E-state index is 12.6. The van der Waals surface area contributed by atoms with Crippen LogP contribution in [0.1, 0.15) is 23.3 Å². The number of sulfonamides is 1. The standard InChI is InChI=1S/C13H20N4O2S2/c1-4-17-8-13(5-12(17)6-14)21(18,19)16(3)7-11-9-20-10(2)15-11/h5,8-9H,4,6-7,14H2,1-3H3. The van der Waals surface area contributed by atoms with Crippen LogP contribution in [0.5, 0.6) is 0 Å². The zero-order chi connectivity index (χ0) is 15.6. The third-order valence-electron chi connectivity index (χ3n) is 3.27. The van der Waals surface area contributed by atoms with E-state index in [0.29, 0.717) is 13.1 Å². The van der Waals surface area contributed by atoms with E-state index in [2.05, 4.69) is 4.98 Å². The third-order valence-corrected chi connectivity index (χ3v) is 5.86. The highest BCUT2D eigenvalue weighted by Gasteiger charge is 2.24. The molecule has 0 aliphatic carbocycles. The zero-order valence-corrected chi connectivity index (χ0v) is 14.0. The lowest BCUT2D eigenvalue weighted by Gasteiger charge is -2.14. The molecular weight excluding hydrogens is 308 g/mol. The number of rotatable bonds is 6. The Bertz CT molecular complexity index is 697. The second-order valence-electron chi connectivity index (χ2n) is 4.78. The second kappa shape index (κ2) is 6.27. The Morgan fingerprint density at radius 1 is 1.48 bits per heavy atom. The Morgan fingerprint density at radius 2 is 2.19 bits per heavy atom. The number of nitrogens with two attached hydrogens (primary N) is 1. The Hall–Kier alpha value is -1.22. The first-order valence-corrected chi connectivity index (χ1v) is 8.97. The first kappa shape index (κ1) is 16.2. The normalized spacial score (nSPS) is 12.2. The molecule has 21 heavy (non-hydrogen) atoms. The van der Waals surface area contributed by atoms with Crippen LogP contribution in [0.4, 0.5) is 0 Å². The van der Waals surface area contributed by atoms with Gasteiger partial charge in [-0.25, -0.2) is 13.4 Å². The maximum atomic E-state index is 12.6. The van der Waals surface area contributed by atoms with Crippen molar-refractivity contribution in [1.82, 2.24) is 13.9 Å². The van der Waals surface area contributed by atoms with Gasteiger partial charge in [0.2, 0.25) is 10.0 Å². The van der Waals surface area contributed by atoms with Gasteiger partial charge in [-0.15, -0.1) is 11.3 Å². The molecule has 2 rings (SSSR count). The topological polar surface area (TPSA) is 81.2 Å². The van der Waals surface area contributed by atoms with Gasteiger partial charge in [0.1, 0.15) is 4.90 Å². The average Bonchev–Trinajstić information content (AvgIpc) is 3.04. The number of thiazole rings is 1. The van der Waals surface area contributed by atoms with E-state index in [0.717, 1.165) is 16.4 Å². The molecular formula is C13H20N4O2S2. The lowest BCUT2D eigenvalue weighted by molar-refractivity contribution is 0.462. The number of aryl methyl sites for hydroxylation is 2. The molecule has 116 valence electrons. The van der Waals surface area contributed by atoms with E-state index in [1.165, 1.54) is 15.6 Å². The highest BCUT2D eigenvalue weighted by atomic mass is 32.2. The minimum Gasteiger partial charge on any atom is -0.349 e. The molecule has 0 aliphatic heterocycles. The smallest absolute Gasteiger partial charge is 0.244 e. The fraction of sp³-hybridized carbons (Fsp3) is 0.462. The molecule has 0 saturated heterocycles. The second-order valence-corrected chi connectivity index (χ2v) is 7.88. The number of hydrogen-bond donors (Lipinski definition) is 1. The number of aromatic nitrogens is 2. The first-order valence-electron chi connectivity index (χ1n) is 6.65. The van der Waals surface area contributed by atoms with Gasteiger partial charge in [-0.2, -0.15) is 4.31 Å². The molecule has 0 aromatic carbocycles. The first-order chi connectivity index (χ1) is 9.88. The Morgan fingerprint density at radius 3 is 2.67 bits per heavy atom. The van der Waals surface area contributed by atoms with Gasteiger partial charge in [-0.1, -0.05) is 0 Å². The third kappa shape index (κ3) is 3.34. The minimum atomic E-state index is -3.53. The summed E-state index contributed by atoms with van der Waals surface area (Å²) in [5.41, 5.74) is 7.22. The maximum Gasteiger partial charge on any atom is 0.244 e. The summed E-state index contributed by atoms with van der Waals surface area (Å²) in [7, 11) is -1.96. The van der Waals surface area contributed by atoms with Gasteiger partial charge >= 0.3 is 0 Å². The Balaban J connectivity index is 2.26. The largest absolute Gasteiger partial charge is 0.349 e. The molecule has 0 bridgehead atoms. The Kier molecular flexibility index (Phi) is 4.82. The summed E-state index contributed by atoms with van der Waals surface area (Å²) in [6.45, 7) is 5.13. The fourth-order valence-electron chi connectivity index (χ4n) is 2.11. The van der Waals surface area contributed by atoms with Gasteiger partial charge in [0.05, 0.1) is 17.2 Å². The van der Waals surface area contributed by atoms with Gasteiger partial charge in [-0.05, 0) is 19.9 Å². The van der Waals surface area contributed by atoms with Gasteiger partial charge in [0, 0.05) is 37.4 Å². The van der Waals surface area contributed by atoms with Crippen LogP contribution in [0.25, 0.3) is 0 Å². The summed E-state index contributed by atoms with van der Waals surface area (Å²) in [6, 6.07) is 1.64. The molecule has 0 fully saturated rings. The van der Waals surface area contributed by atoms with Gasteiger partial charge < -0.3 is 10.3 Å². The van der Waals surface area contributed by atoms with Crippen LogP contribution >= 0.6 is 11.3 Å². The number of hydrogen-bond acceptors (Lipinski definition) is 5. The summed E-state index contributed by atoms with van der Waals surface area (Å²) in [5, 5.41) is 2.81. The van der Waals surface area contributed by atoms with Crippen LogP contribution in [-0.2, 0) is 29.7 Å². The van der Waals surface area contributed by atoms with E-state index in [1.807, 2.05) is 23.8 Å². The molecule has 6 nitrogen and oxygen atoms in total. The highest BCUT2D eigenvalue weighted by Crippen LogP contribution is 2.20. The van der Waals surface area contributed by atoms with Gasteiger partial charge in [0.15, 0.2) is 0 Å². The monoisotopic (exact) mass is 328 g/mol. The molecule has 0 atom stereocenters. The van der Waals surface area contributed by atoms with Gasteiger partial charge in [-0.3, -0.25) is 0 Å². The van der Waals surface area contributed by atoms with E-state index < -0.39 is 10.0 Å². The van der Waals surface area contributed by atoms with E-state index in [1.54, 1.807) is 19.3 Å². The SMILES string of the molecule is CCn1cc(S(=O)(=O)N(C)Cc2csc(C)n2)cc1CN. The number of nitrogens with zero attached hydrogens (tertiary/aromatic N) is 3. The summed E-state index contributed by atoms with van der Waals surface area (Å²) >= 11 is 1.51. The summed E-state index contributed by atoms with van der Waals surface area (Å²) in [4.78, 5) is 4.58. The average molecular weight is 328 g/mol. The van der Waals surface area contributed by atoms with Crippen LogP contribution < -0.4 is 5.73 Å². The van der Waals surface area contributed by atoms with Crippen molar-refractivity contribution in [2.75, 3.05) is 7.05 Å². The highest BCUT2D eigenvalue weighted by molar-refractivity contribution is 7.89. The van der Waals surface area contributed by atoms with Crippen molar-refractivity contribution >= 4 is 21.4 Å².